The summed E-state index contributed by atoms with van der Waals surface area (Å²) >= 11 is 0. The van der Waals surface area contributed by atoms with Crippen molar-refractivity contribution in [2.24, 2.45) is 17.3 Å². The molecule has 0 spiro atoms. The fourth-order valence-corrected chi connectivity index (χ4v) is 2.21. The number of hydrogen-bond acceptors (Lipinski definition) is 0. The molecule has 0 aromatic carbocycles. The SMILES string of the molecule is C=C(CCC=CC)C(CC(C)C)C(C)(C)C. The fourth-order valence-electron chi connectivity index (χ4n) is 2.21. The van der Waals surface area contributed by atoms with Crippen LogP contribution in [0.1, 0.15) is 60.8 Å². The zero-order valence-electron chi connectivity index (χ0n) is 12.1. The van der Waals surface area contributed by atoms with Crippen LogP contribution in [-0.2, 0) is 0 Å². The maximum absolute atomic E-state index is 4.31. The highest BCUT2D eigenvalue weighted by molar-refractivity contribution is 5.06. The van der Waals surface area contributed by atoms with Crippen molar-refractivity contribution in [2.45, 2.75) is 60.8 Å². The third-order valence-electron chi connectivity index (χ3n) is 3.11. The van der Waals surface area contributed by atoms with E-state index >= 15 is 0 Å². The molecule has 0 amide bonds. The molecule has 0 aliphatic carbocycles. The van der Waals surface area contributed by atoms with Crippen LogP contribution in [-0.4, -0.2) is 0 Å². The van der Waals surface area contributed by atoms with Gasteiger partial charge >= 0.3 is 0 Å². The van der Waals surface area contributed by atoms with Gasteiger partial charge in [-0.3, -0.25) is 0 Å². The van der Waals surface area contributed by atoms with Gasteiger partial charge in [0, 0.05) is 0 Å². The summed E-state index contributed by atoms with van der Waals surface area (Å²) in [5.74, 6) is 1.40. The molecular weight excluding hydrogens is 192 g/mol. The molecule has 1 atom stereocenters. The summed E-state index contributed by atoms with van der Waals surface area (Å²) in [5, 5.41) is 0. The molecule has 0 bridgehead atoms. The van der Waals surface area contributed by atoms with Gasteiger partial charge in [0.15, 0.2) is 0 Å². The summed E-state index contributed by atoms with van der Waals surface area (Å²) in [6, 6.07) is 0. The lowest BCUT2D eigenvalue weighted by Crippen LogP contribution is -2.23. The molecular formula is C16H30. The van der Waals surface area contributed by atoms with Crippen molar-refractivity contribution < 1.29 is 0 Å². The van der Waals surface area contributed by atoms with Crippen LogP contribution in [0.3, 0.4) is 0 Å². The molecule has 0 aromatic heterocycles. The van der Waals surface area contributed by atoms with E-state index in [1.54, 1.807) is 0 Å². The molecule has 0 radical (unpaired) electrons. The molecule has 1 unspecified atom stereocenters. The second-order valence-corrected chi connectivity index (χ2v) is 6.31. The Kier molecular flexibility index (Phi) is 6.71. The molecule has 0 aromatic rings. The quantitative estimate of drug-likeness (QED) is 0.513. The third kappa shape index (κ3) is 6.15. The van der Waals surface area contributed by atoms with Crippen LogP contribution >= 0.6 is 0 Å². The minimum Gasteiger partial charge on any atom is -0.0995 e. The minimum atomic E-state index is 0.345. The van der Waals surface area contributed by atoms with E-state index in [4.69, 9.17) is 0 Å². The summed E-state index contributed by atoms with van der Waals surface area (Å²) in [7, 11) is 0. The lowest BCUT2D eigenvalue weighted by atomic mass is 9.71. The number of hydrogen-bond donors (Lipinski definition) is 0. The highest BCUT2D eigenvalue weighted by Crippen LogP contribution is 2.37. The van der Waals surface area contributed by atoms with Gasteiger partial charge in [-0.2, -0.15) is 0 Å². The van der Waals surface area contributed by atoms with Crippen LogP contribution in [0.5, 0.6) is 0 Å². The van der Waals surface area contributed by atoms with E-state index in [2.05, 4.69) is 60.3 Å². The Morgan fingerprint density at radius 2 is 1.81 bits per heavy atom. The summed E-state index contributed by atoms with van der Waals surface area (Å²) in [6.45, 7) is 18.0. The Morgan fingerprint density at radius 3 is 2.19 bits per heavy atom. The fraction of sp³-hybridized carbons (Fsp3) is 0.750. The number of allylic oxidation sites excluding steroid dienone is 3. The highest BCUT2D eigenvalue weighted by Gasteiger charge is 2.27. The van der Waals surface area contributed by atoms with Gasteiger partial charge in [0.2, 0.25) is 0 Å². The minimum absolute atomic E-state index is 0.345. The zero-order valence-corrected chi connectivity index (χ0v) is 12.1. The van der Waals surface area contributed by atoms with Crippen LogP contribution in [0.15, 0.2) is 24.3 Å². The molecule has 0 N–H and O–H groups in total. The molecule has 0 saturated carbocycles. The maximum Gasteiger partial charge on any atom is -0.0155 e. The Bertz CT molecular complexity index is 225. The van der Waals surface area contributed by atoms with Crippen molar-refractivity contribution in [3.8, 4) is 0 Å². The molecule has 0 heterocycles. The van der Waals surface area contributed by atoms with Crippen molar-refractivity contribution in [1.29, 1.82) is 0 Å². The summed E-state index contributed by atoms with van der Waals surface area (Å²) in [4.78, 5) is 0. The second-order valence-electron chi connectivity index (χ2n) is 6.31. The Hall–Kier alpha value is -0.520. The van der Waals surface area contributed by atoms with Crippen molar-refractivity contribution in [3.63, 3.8) is 0 Å². The van der Waals surface area contributed by atoms with Crippen LogP contribution in [0.2, 0.25) is 0 Å². The molecule has 16 heavy (non-hydrogen) atoms. The van der Waals surface area contributed by atoms with E-state index in [-0.39, 0.29) is 0 Å². The molecule has 0 rings (SSSR count). The van der Waals surface area contributed by atoms with Gasteiger partial charge in [-0.15, -0.1) is 0 Å². The van der Waals surface area contributed by atoms with Crippen LogP contribution in [0.25, 0.3) is 0 Å². The van der Waals surface area contributed by atoms with Gasteiger partial charge in [-0.05, 0) is 43.4 Å². The monoisotopic (exact) mass is 222 g/mol. The summed E-state index contributed by atoms with van der Waals surface area (Å²) in [5.41, 5.74) is 1.77. The molecule has 0 saturated heterocycles. The van der Waals surface area contributed by atoms with E-state index in [0.29, 0.717) is 11.3 Å². The zero-order chi connectivity index (χ0) is 12.8. The van der Waals surface area contributed by atoms with Gasteiger partial charge in [-0.25, -0.2) is 0 Å². The first kappa shape index (κ1) is 15.5. The average Bonchev–Trinajstić information content (AvgIpc) is 2.12. The molecule has 94 valence electrons. The molecule has 0 heteroatoms. The average molecular weight is 222 g/mol. The van der Waals surface area contributed by atoms with Gasteiger partial charge < -0.3 is 0 Å². The van der Waals surface area contributed by atoms with E-state index in [0.717, 1.165) is 18.8 Å². The third-order valence-corrected chi connectivity index (χ3v) is 3.11. The van der Waals surface area contributed by atoms with Gasteiger partial charge in [0.05, 0.1) is 0 Å². The molecule has 0 aliphatic heterocycles. The van der Waals surface area contributed by atoms with Crippen LogP contribution < -0.4 is 0 Å². The van der Waals surface area contributed by atoms with Crippen LogP contribution in [0.4, 0.5) is 0 Å². The topological polar surface area (TPSA) is 0 Å². The lowest BCUT2D eigenvalue weighted by Gasteiger charge is -2.34. The van der Waals surface area contributed by atoms with Gasteiger partial charge in [-0.1, -0.05) is 58.9 Å². The summed E-state index contributed by atoms with van der Waals surface area (Å²) in [6.07, 6.45) is 7.90. The van der Waals surface area contributed by atoms with Gasteiger partial charge in [0.25, 0.3) is 0 Å². The predicted octanol–water partition coefficient (Wildman–Crippen LogP) is 5.61. The number of rotatable bonds is 6. The molecule has 0 aliphatic rings. The Balaban J connectivity index is 4.45. The second kappa shape index (κ2) is 6.93. The van der Waals surface area contributed by atoms with Crippen molar-refractivity contribution in [1.82, 2.24) is 0 Å². The highest BCUT2D eigenvalue weighted by atomic mass is 14.3. The van der Waals surface area contributed by atoms with E-state index in [1.807, 2.05) is 0 Å². The van der Waals surface area contributed by atoms with E-state index in [9.17, 15) is 0 Å². The first-order chi connectivity index (χ1) is 7.29. The maximum atomic E-state index is 4.31. The predicted molar refractivity (Wildman–Crippen MR) is 75.6 cm³/mol. The van der Waals surface area contributed by atoms with Crippen molar-refractivity contribution in [2.75, 3.05) is 0 Å². The first-order valence-electron chi connectivity index (χ1n) is 6.57. The standard InChI is InChI=1S/C16H30/c1-8-9-10-11-14(4)15(12-13(2)3)16(5,6)7/h8-9,13,15H,4,10-12H2,1-3,5-7H3. The summed E-state index contributed by atoms with van der Waals surface area (Å²) < 4.78 is 0. The Morgan fingerprint density at radius 1 is 1.25 bits per heavy atom. The smallest absolute Gasteiger partial charge is 0.0155 e. The largest absolute Gasteiger partial charge is 0.0995 e. The lowest BCUT2D eigenvalue weighted by molar-refractivity contribution is 0.237. The van der Waals surface area contributed by atoms with E-state index < -0.39 is 0 Å². The first-order valence-corrected chi connectivity index (χ1v) is 6.57. The molecule has 0 nitrogen and oxygen atoms in total. The van der Waals surface area contributed by atoms with Crippen LogP contribution in [0, 0.1) is 17.3 Å². The van der Waals surface area contributed by atoms with Crippen molar-refractivity contribution >= 4 is 0 Å². The Labute approximate surface area is 103 Å². The van der Waals surface area contributed by atoms with Crippen molar-refractivity contribution in [3.05, 3.63) is 24.3 Å². The van der Waals surface area contributed by atoms with E-state index in [1.165, 1.54) is 12.0 Å². The molecule has 0 fully saturated rings. The van der Waals surface area contributed by atoms with Gasteiger partial charge in [0.1, 0.15) is 0 Å². The normalized spacial score (nSPS) is 14.7.